The lowest BCUT2D eigenvalue weighted by molar-refractivity contribution is -0.131. The molecule has 0 aliphatic rings. The van der Waals surface area contributed by atoms with Gasteiger partial charge in [-0.2, -0.15) is 5.90 Å². The summed E-state index contributed by atoms with van der Waals surface area (Å²) in [5, 5.41) is 0. The second kappa shape index (κ2) is 6.00. The van der Waals surface area contributed by atoms with Gasteiger partial charge in [0.1, 0.15) is 11.3 Å². The maximum absolute atomic E-state index is 11.1. The Morgan fingerprint density at radius 1 is 1.27 bits per heavy atom. The number of benzene rings is 1. The summed E-state index contributed by atoms with van der Waals surface area (Å²) >= 11 is 0. The van der Waals surface area contributed by atoms with Gasteiger partial charge in [-0.25, -0.2) is 4.79 Å². The van der Waals surface area contributed by atoms with Crippen LogP contribution in [0.4, 0.5) is 0 Å². The number of para-hydroxylation sites is 1. The van der Waals surface area contributed by atoms with Crippen molar-refractivity contribution < 1.29 is 19.2 Å². The van der Waals surface area contributed by atoms with Crippen LogP contribution in [0.5, 0.6) is 5.75 Å². The first kappa shape index (κ1) is 13.4. The Labute approximate surface area is 92.5 Å². The van der Waals surface area contributed by atoms with E-state index in [1.807, 2.05) is 0 Å². The zero-order valence-corrected chi connectivity index (χ0v) is 8.74. The van der Waals surface area contributed by atoms with Crippen molar-refractivity contribution in [3.05, 3.63) is 29.8 Å². The van der Waals surface area contributed by atoms with Gasteiger partial charge in [0.15, 0.2) is 0 Å². The third-order valence-corrected chi connectivity index (χ3v) is 1.47. The summed E-state index contributed by atoms with van der Waals surface area (Å²) in [7, 11) is 0. The van der Waals surface area contributed by atoms with E-state index in [4.69, 9.17) is 10.6 Å². The van der Waals surface area contributed by atoms with E-state index in [9.17, 15) is 9.59 Å². The molecule has 15 heavy (non-hydrogen) atoms. The molecule has 0 saturated carbocycles. The van der Waals surface area contributed by atoms with Crippen LogP contribution in [0, 0.1) is 0 Å². The van der Waals surface area contributed by atoms with Crippen LogP contribution in [-0.2, 0) is 9.63 Å². The first-order chi connectivity index (χ1) is 6.65. The van der Waals surface area contributed by atoms with Crippen molar-refractivity contribution in [2.45, 2.75) is 6.92 Å². The molecule has 1 aromatic rings. The zero-order chi connectivity index (χ0) is 10.6. The van der Waals surface area contributed by atoms with Crippen molar-refractivity contribution >= 4 is 24.3 Å². The van der Waals surface area contributed by atoms with Crippen LogP contribution in [0.1, 0.15) is 17.3 Å². The number of ether oxygens (including phenoxy) is 1. The minimum absolute atomic E-state index is 0. The minimum atomic E-state index is -0.748. The summed E-state index contributed by atoms with van der Waals surface area (Å²) in [5.41, 5.74) is 0.116. The molecule has 2 N–H and O–H groups in total. The molecule has 0 fully saturated rings. The van der Waals surface area contributed by atoms with Gasteiger partial charge in [-0.3, -0.25) is 4.79 Å². The highest BCUT2D eigenvalue weighted by molar-refractivity contribution is 5.93. The second-order valence-corrected chi connectivity index (χ2v) is 2.50. The average Bonchev–Trinajstić information content (AvgIpc) is 2.16. The standard InChI is InChI=1S/C9H9NO4.ClH/c1-6(11)13-8-5-3-2-4-7(8)9(12)14-10;/h2-5H,10H2,1H3;1H. The smallest absolute Gasteiger partial charge is 0.360 e. The molecule has 1 rings (SSSR count). The molecular formula is C9H10ClNO4. The quantitative estimate of drug-likeness (QED) is 0.468. The van der Waals surface area contributed by atoms with Crippen molar-refractivity contribution in [1.82, 2.24) is 0 Å². The summed E-state index contributed by atoms with van der Waals surface area (Å²) in [6.07, 6.45) is 0. The first-order valence-electron chi connectivity index (χ1n) is 3.83. The van der Waals surface area contributed by atoms with E-state index < -0.39 is 11.9 Å². The molecule has 0 amide bonds. The normalized spacial score (nSPS) is 8.67. The molecule has 1 aromatic carbocycles. The van der Waals surface area contributed by atoms with E-state index >= 15 is 0 Å². The zero-order valence-electron chi connectivity index (χ0n) is 7.93. The molecule has 0 radical (unpaired) electrons. The van der Waals surface area contributed by atoms with Crippen LogP contribution in [0.25, 0.3) is 0 Å². The number of rotatable bonds is 2. The molecule has 0 bridgehead atoms. The Kier molecular flexibility index (Phi) is 5.36. The topological polar surface area (TPSA) is 78.6 Å². The first-order valence-corrected chi connectivity index (χ1v) is 3.83. The average molecular weight is 232 g/mol. The lowest BCUT2D eigenvalue weighted by Gasteiger charge is -2.05. The van der Waals surface area contributed by atoms with Gasteiger partial charge in [0, 0.05) is 6.92 Å². The summed E-state index contributed by atoms with van der Waals surface area (Å²) in [6, 6.07) is 6.17. The van der Waals surface area contributed by atoms with Gasteiger partial charge < -0.3 is 9.57 Å². The fraction of sp³-hybridized carbons (Fsp3) is 0.111. The van der Waals surface area contributed by atoms with Crippen LogP contribution in [0.2, 0.25) is 0 Å². The van der Waals surface area contributed by atoms with Gasteiger partial charge in [-0.05, 0) is 12.1 Å². The Balaban J connectivity index is 0.00000196. The largest absolute Gasteiger partial charge is 0.426 e. The van der Waals surface area contributed by atoms with E-state index in [0.717, 1.165) is 0 Å². The lowest BCUT2D eigenvalue weighted by Crippen LogP contribution is -2.13. The second-order valence-electron chi connectivity index (χ2n) is 2.50. The molecule has 0 saturated heterocycles. The number of nitrogens with two attached hydrogens (primary N) is 1. The van der Waals surface area contributed by atoms with E-state index in [-0.39, 0.29) is 23.7 Å². The van der Waals surface area contributed by atoms with E-state index in [2.05, 4.69) is 4.84 Å². The Hall–Kier alpha value is -1.59. The van der Waals surface area contributed by atoms with Crippen LogP contribution < -0.4 is 10.6 Å². The minimum Gasteiger partial charge on any atom is -0.426 e. The molecule has 0 heterocycles. The predicted octanol–water partition coefficient (Wildman–Crippen LogP) is 1.06. The fourth-order valence-corrected chi connectivity index (χ4v) is 0.943. The van der Waals surface area contributed by atoms with Gasteiger partial charge in [0.25, 0.3) is 0 Å². The van der Waals surface area contributed by atoms with Gasteiger partial charge >= 0.3 is 11.9 Å². The van der Waals surface area contributed by atoms with Crippen LogP contribution in [-0.4, -0.2) is 11.9 Å². The van der Waals surface area contributed by atoms with Crippen LogP contribution in [0.3, 0.4) is 0 Å². The van der Waals surface area contributed by atoms with Crippen molar-refractivity contribution in [3.8, 4) is 5.75 Å². The number of hydrogen-bond acceptors (Lipinski definition) is 5. The number of carbonyl (C=O) groups is 2. The van der Waals surface area contributed by atoms with Gasteiger partial charge in [-0.15, -0.1) is 12.4 Å². The highest BCUT2D eigenvalue weighted by Crippen LogP contribution is 2.18. The molecule has 5 nitrogen and oxygen atoms in total. The van der Waals surface area contributed by atoms with Crippen molar-refractivity contribution in [2.75, 3.05) is 0 Å². The molecule has 0 aliphatic heterocycles. The maximum atomic E-state index is 11.1. The molecule has 0 aromatic heterocycles. The summed E-state index contributed by atoms with van der Waals surface area (Å²) in [4.78, 5) is 25.8. The molecule has 0 spiro atoms. The highest BCUT2D eigenvalue weighted by Gasteiger charge is 2.13. The summed E-state index contributed by atoms with van der Waals surface area (Å²) in [5.74, 6) is 3.59. The van der Waals surface area contributed by atoms with Gasteiger partial charge in [-0.1, -0.05) is 12.1 Å². The third kappa shape index (κ3) is 3.57. The number of carbonyl (C=O) groups excluding carboxylic acids is 2. The predicted molar refractivity (Wildman–Crippen MR) is 54.6 cm³/mol. The highest BCUT2D eigenvalue weighted by atomic mass is 35.5. The molecule has 82 valence electrons. The number of esters is 1. The SMILES string of the molecule is CC(=O)Oc1ccccc1C(=O)ON.Cl. The van der Waals surface area contributed by atoms with Gasteiger partial charge in [0.2, 0.25) is 0 Å². The Morgan fingerprint density at radius 3 is 2.40 bits per heavy atom. The molecule has 0 unspecified atom stereocenters. The molecule has 0 aliphatic carbocycles. The Bertz CT molecular complexity index is 367. The summed E-state index contributed by atoms with van der Waals surface area (Å²) in [6.45, 7) is 1.24. The third-order valence-electron chi connectivity index (χ3n) is 1.47. The van der Waals surface area contributed by atoms with Crippen LogP contribution in [0.15, 0.2) is 24.3 Å². The van der Waals surface area contributed by atoms with E-state index in [1.54, 1.807) is 12.1 Å². The summed E-state index contributed by atoms with van der Waals surface area (Å²) < 4.78 is 4.77. The number of halogens is 1. The molecule has 0 atom stereocenters. The van der Waals surface area contributed by atoms with Crippen molar-refractivity contribution in [2.24, 2.45) is 5.90 Å². The van der Waals surface area contributed by atoms with E-state index in [1.165, 1.54) is 19.1 Å². The fourth-order valence-electron chi connectivity index (χ4n) is 0.943. The van der Waals surface area contributed by atoms with Crippen molar-refractivity contribution in [3.63, 3.8) is 0 Å². The lowest BCUT2D eigenvalue weighted by atomic mass is 10.2. The van der Waals surface area contributed by atoms with E-state index in [0.29, 0.717) is 0 Å². The number of hydrogen-bond donors (Lipinski definition) is 1. The van der Waals surface area contributed by atoms with Gasteiger partial charge in [0.05, 0.1) is 0 Å². The van der Waals surface area contributed by atoms with Crippen molar-refractivity contribution in [1.29, 1.82) is 0 Å². The Morgan fingerprint density at radius 2 is 1.87 bits per heavy atom. The molecule has 6 heteroatoms. The molecular weight excluding hydrogens is 222 g/mol. The van der Waals surface area contributed by atoms with Crippen LogP contribution >= 0.6 is 12.4 Å². The monoisotopic (exact) mass is 231 g/mol. The maximum Gasteiger partial charge on any atom is 0.360 e.